The minimum absolute atomic E-state index is 0.367. The van der Waals surface area contributed by atoms with Crippen LogP contribution in [-0.4, -0.2) is 30.7 Å². The molecule has 0 radical (unpaired) electrons. The maximum Gasteiger partial charge on any atom is 0.0703 e. The van der Waals surface area contributed by atoms with Crippen molar-refractivity contribution in [1.82, 2.24) is 10.2 Å². The zero-order valence-corrected chi connectivity index (χ0v) is 11.3. The van der Waals surface area contributed by atoms with E-state index in [1.807, 2.05) is 0 Å². The summed E-state index contributed by atoms with van der Waals surface area (Å²) in [6.07, 6.45) is 1.52. The number of rotatable bonds is 3. The van der Waals surface area contributed by atoms with Crippen LogP contribution in [0.25, 0.3) is 0 Å². The third kappa shape index (κ3) is 2.30. The monoisotopic (exact) mass is 246 g/mol. The number of nitrogens with zero attached hydrogens (tertiary/aromatic N) is 1. The second-order valence-electron chi connectivity index (χ2n) is 5.55. The molecule has 0 saturated carbocycles. The summed E-state index contributed by atoms with van der Waals surface area (Å²) in [5, 5.41) is 3.40. The average Bonchev–Trinajstić information content (AvgIpc) is 2.96. The van der Waals surface area contributed by atoms with Crippen molar-refractivity contribution >= 4 is 0 Å². The van der Waals surface area contributed by atoms with Crippen LogP contribution in [0.5, 0.6) is 0 Å². The van der Waals surface area contributed by atoms with Gasteiger partial charge in [0.25, 0.3) is 0 Å². The molecule has 2 unspecified atom stereocenters. The molecule has 2 atom stereocenters. The van der Waals surface area contributed by atoms with Gasteiger partial charge < -0.3 is 10.1 Å². The van der Waals surface area contributed by atoms with E-state index in [0.717, 1.165) is 32.7 Å². The normalized spacial score (nSPS) is 26.8. The zero-order valence-electron chi connectivity index (χ0n) is 11.3. The molecule has 3 heteroatoms. The van der Waals surface area contributed by atoms with Gasteiger partial charge in [-0.3, -0.25) is 4.90 Å². The topological polar surface area (TPSA) is 24.5 Å². The van der Waals surface area contributed by atoms with Gasteiger partial charge in [-0.05, 0) is 37.1 Å². The van der Waals surface area contributed by atoms with Gasteiger partial charge >= 0.3 is 0 Å². The molecule has 0 spiro atoms. The fourth-order valence-corrected chi connectivity index (χ4v) is 3.15. The number of nitrogens with one attached hydrogen (secondary N) is 1. The second kappa shape index (κ2) is 5.00. The highest BCUT2D eigenvalue weighted by atomic mass is 16.5. The third-order valence-corrected chi connectivity index (χ3v) is 4.24. The Morgan fingerprint density at radius 1 is 1.33 bits per heavy atom. The maximum absolute atomic E-state index is 5.65. The molecule has 3 nitrogen and oxygen atoms in total. The minimum atomic E-state index is 0.367. The highest BCUT2D eigenvalue weighted by molar-refractivity contribution is 5.34. The van der Waals surface area contributed by atoms with Gasteiger partial charge in [-0.15, -0.1) is 0 Å². The SMILES string of the molecule is CC1OCCC1N(C)Cc1ccc2c(c1)CNC2. The van der Waals surface area contributed by atoms with E-state index in [1.54, 1.807) is 0 Å². The standard InChI is InChI=1S/C15H22N2O/c1-11-15(5-6-18-11)17(2)10-12-3-4-13-8-16-9-14(13)7-12/h3-4,7,11,15-16H,5-6,8-10H2,1-2H3. The molecule has 18 heavy (non-hydrogen) atoms. The van der Waals surface area contributed by atoms with Gasteiger partial charge in [-0.1, -0.05) is 18.2 Å². The van der Waals surface area contributed by atoms with Crippen LogP contribution in [0.2, 0.25) is 0 Å². The van der Waals surface area contributed by atoms with Crippen LogP contribution in [-0.2, 0) is 24.4 Å². The van der Waals surface area contributed by atoms with E-state index < -0.39 is 0 Å². The van der Waals surface area contributed by atoms with Crippen molar-refractivity contribution in [2.45, 2.75) is 45.1 Å². The fraction of sp³-hybridized carbons (Fsp3) is 0.600. The van der Waals surface area contributed by atoms with Crippen LogP contribution in [0, 0.1) is 0 Å². The number of likely N-dealkylation sites (N-methyl/N-ethyl adjacent to an activating group) is 1. The summed E-state index contributed by atoms with van der Waals surface area (Å²) >= 11 is 0. The van der Waals surface area contributed by atoms with Gasteiger partial charge in [-0.2, -0.15) is 0 Å². The first kappa shape index (κ1) is 12.2. The van der Waals surface area contributed by atoms with E-state index >= 15 is 0 Å². The Bertz CT molecular complexity index is 433. The maximum atomic E-state index is 5.65. The molecule has 98 valence electrons. The third-order valence-electron chi connectivity index (χ3n) is 4.24. The number of hydrogen-bond acceptors (Lipinski definition) is 3. The van der Waals surface area contributed by atoms with Crippen molar-refractivity contribution < 1.29 is 4.74 Å². The summed E-state index contributed by atoms with van der Waals surface area (Å²) in [4.78, 5) is 2.43. The van der Waals surface area contributed by atoms with Crippen LogP contribution >= 0.6 is 0 Å². The largest absolute Gasteiger partial charge is 0.377 e. The van der Waals surface area contributed by atoms with Crippen LogP contribution in [0.3, 0.4) is 0 Å². The zero-order chi connectivity index (χ0) is 12.5. The van der Waals surface area contributed by atoms with Gasteiger partial charge in [0, 0.05) is 32.3 Å². The van der Waals surface area contributed by atoms with Gasteiger partial charge in [0.05, 0.1) is 6.10 Å². The van der Waals surface area contributed by atoms with Crippen molar-refractivity contribution in [3.8, 4) is 0 Å². The molecule has 0 aromatic heterocycles. The molecule has 1 saturated heterocycles. The Morgan fingerprint density at radius 3 is 2.94 bits per heavy atom. The second-order valence-corrected chi connectivity index (χ2v) is 5.55. The van der Waals surface area contributed by atoms with Crippen LogP contribution < -0.4 is 5.32 Å². The van der Waals surface area contributed by atoms with Crippen molar-refractivity contribution in [1.29, 1.82) is 0 Å². The Labute approximate surface area is 109 Å². The van der Waals surface area contributed by atoms with E-state index in [1.165, 1.54) is 16.7 Å². The first-order valence-electron chi connectivity index (χ1n) is 6.87. The molecule has 0 amide bonds. The Kier molecular flexibility index (Phi) is 3.37. The molecular formula is C15H22N2O. The Hall–Kier alpha value is -0.900. The van der Waals surface area contributed by atoms with Crippen molar-refractivity contribution in [3.63, 3.8) is 0 Å². The van der Waals surface area contributed by atoms with Gasteiger partial charge in [-0.25, -0.2) is 0 Å². The molecular weight excluding hydrogens is 224 g/mol. The lowest BCUT2D eigenvalue weighted by Gasteiger charge is -2.26. The molecule has 1 aromatic rings. The molecule has 0 aliphatic carbocycles. The van der Waals surface area contributed by atoms with Crippen molar-refractivity contribution in [2.75, 3.05) is 13.7 Å². The summed E-state index contributed by atoms with van der Waals surface area (Å²) in [5.41, 5.74) is 4.34. The first-order chi connectivity index (χ1) is 8.74. The van der Waals surface area contributed by atoms with E-state index in [4.69, 9.17) is 4.74 Å². The smallest absolute Gasteiger partial charge is 0.0703 e. The first-order valence-corrected chi connectivity index (χ1v) is 6.87. The Balaban J connectivity index is 1.68. The predicted molar refractivity (Wildman–Crippen MR) is 72.3 cm³/mol. The number of fused-ring (bicyclic) bond motifs is 1. The fourth-order valence-electron chi connectivity index (χ4n) is 3.15. The number of hydrogen-bond donors (Lipinski definition) is 1. The van der Waals surface area contributed by atoms with E-state index in [2.05, 4.69) is 42.4 Å². The van der Waals surface area contributed by atoms with Crippen molar-refractivity contribution in [3.05, 3.63) is 34.9 Å². The molecule has 2 heterocycles. The minimum Gasteiger partial charge on any atom is -0.377 e. The van der Waals surface area contributed by atoms with Gasteiger partial charge in [0.2, 0.25) is 0 Å². The molecule has 1 fully saturated rings. The summed E-state index contributed by atoms with van der Waals surface area (Å²) in [5.74, 6) is 0. The quantitative estimate of drug-likeness (QED) is 0.881. The van der Waals surface area contributed by atoms with E-state index in [9.17, 15) is 0 Å². The lowest BCUT2D eigenvalue weighted by molar-refractivity contribution is 0.0814. The van der Waals surface area contributed by atoms with Crippen molar-refractivity contribution in [2.24, 2.45) is 0 Å². The molecule has 0 bridgehead atoms. The molecule has 2 aliphatic rings. The summed E-state index contributed by atoms with van der Waals surface area (Å²) in [6, 6.07) is 7.46. The molecule has 2 aliphatic heterocycles. The Morgan fingerprint density at radius 2 is 2.17 bits per heavy atom. The summed E-state index contributed by atoms with van der Waals surface area (Å²) < 4.78 is 5.65. The van der Waals surface area contributed by atoms with Crippen LogP contribution in [0.15, 0.2) is 18.2 Å². The number of benzene rings is 1. The highest BCUT2D eigenvalue weighted by Gasteiger charge is 2.27. The van der Waals surface area contributed by atoms with E-state index in [0.29, 0.717) is 12.1 Å². The van der Waals surface area contributed by atoms with E-state index in [-0.39, 0.29) is 0 Å². The molecule has 3 rings (SSSR count). The summed E-state index contributed by atoms with van der Waals surface area (Å²) in [7, 11) is 2.21. The summed E-state index contributed by atoms with van der Waals surface area (Å²) in [6.45, 7) is 6.16. The molecule has 1 N–H and O–H groups in total. The predicted octanol–water partition coefficient (Wildman–Crippen LogP) is 1.90. The molecule has 1 aromatic carbocycles. The van der Waals surface area contributed by atoms with Gasteiger partial charge in [0.1, 0.15) is 0 Å². The lowest BCUT2D eigenvalue weighted by Crippen LogP contribution is -2.36. The lowest BCUT2D eigenvalue weighted by atomic mass is 10.0. The number of ether oxygens (including phenoxy) is 1. The van der Waals surface area contributed by atoms with Crippen LogP contribution in [0.1, 0.15) is 30.0 Å². The average molecular weight is 246 g/mol. The highest BCUT2D eigenvalue weighted by Crippen LogP contribution is 2.22. The van der Waals surface area contributed by atoms with Crippen LogP contribution in [0.4, 0.5) is 0 Å². The van der Waals surface area contributed by atoms with Gasteiger partial charge in [0.15, 0.2) is 0 Å².